The summed E-state index contributed by atoms with van der Waals surface area (Å²) in [5.41, 5.74) is 0.835. The third-order valence-electron chi connectivity index (χ3n) is 4.96. The number of hydrogen-bond donors (Lipinski definition) is 0. The van der Waals surface area contributed by atoms with Gasteiger partial charge in [0.25, 0.3) is 5.91 Å². The Morgan fingerprint density at radius 1 is 1.14 bits per heavy atom. The van der Waals surface area contributed by atoms with Gasteiger partial charge in [0.15, 0.2) is 21.3 Å². The second kappa shape index (κ2) is 7.64. The molecule has 0 aromatic heterocycles. The van der Waals surface area contributed by atoms with E-state index in [1.54, 1.807) is 29.2 Å². The van der Waals surface area contributed by atoms with Crippen molar-refractivity contribution >= 4 is 27.3 Å². The number of rotatable bonds is 4. The lowest BCUT2D eigenvalue weighted by molar-refractivity contribution is -0.143. The summed E-state index contributed by atoms with van der Waals surface area (Å²) in [6, 6.07) is 14.0. The molecule has 0 aliphatic carbocycles. The second-order valence-corrected chi connectivity index (χ2v) is 9.68. The van der Waals surface area contributed by atoms with Crippen molar-refractivity contribution in [3.05, 3.63) is 59.1 Å². The van der Waals surface area contributed by atoms with Crippen LogP contribution in [-0.4, -0.2) is 49.5 Å². The van der Waals surface area contributed by atoms with Crippen molar-refractivity contribution in [1.82, 2.24) is 4.90 Å². The second-order valence-electron chi connectivity index (χ2n) is 7.02. The quantitative estimate of drug-likeness (QED) is 0.758. The van der Waals surface area contributed by atoms with Gasteiger partial charge in [-0.05, 0) is 36.2 Å². The third kappa shape index (κ3) is 4.10. The van der Waals surface area contributed by atoms with Gasteiger partial charge in [-0.1, -0.05) is 35.9 Å². The van der Waals surface area contributed by atoms with Crippen molar-refractivity contribution in [2.24, 2.45) is 0 Å². The lowest BCUT2D eigenvalue weighted by Crippen LogP contribution is -2.50. The van der Waals surface area contributed by atoms with Crippen LogP contribution in [0.2, 0.25) is 5.02 Å². The molecule has 1 amide bonds. The van der Waals surface area contributed by atoms with Gasteiger partial charge >= 0.3 is 0 Å². The number of amides is 1. The maximum absolute atomic E-state index is 13.3. The van der Waals surface area contributed by atoms with Crippen molar-refractivity contribution in [1.29, 1.82) is 0 Å². The molecule has 1 fully saturated rings. The first-order valence-corrected chi connectivity index (χ1v) is 11.2. The number of carbonyl (C=O) groups excluding carboxylic acids is 1. The maximum Gasteiger partial charge on any atom is 0.267 e. The predicted octanol–water partition coefficient (Wildman–Crippen LogP) is 2.70. The van der Waals surface area contributed by atoms with E-state index in [1.165, 1.54) is 0 Å². The molecule has 0 spiro atoms. The Balaban J connectivity index is 1.58. The van der Waals surface area contributed by atoms with Crippen molar-refractivity contribution < 1.29 is 22.7 Å². The highest BCUT2D eigenvalue weighted by atomic mass is 35.5. The topological polar surface area (TPSA) is 72.9 Å². The van der Waals surface area contributed by atoms with Gasteiger partial charge in [-0.2, -0.15) is 0 Å². The zero-order chi connectivity index (χ0) is 19.7. The summed E-state index contributed by atoms with van der Waals surface area (Å²) in [6.07, 6.45) is -0.406. The molecule has 2 unspecified atom stereocenters. The lowest BCUT2D eigenvalue weighted by atomic mass is 10.1. The van der Waals surface area contributed by atoms with Gasteiger partial charge < -0.3 is 14.4 Å². The first-order valence-electron chi connectivity index (χ1n) is 9.05. The Bertz CT molecular complexity index is 994. The highest BCUT2D eigenvalue weighted by Gasteiger charge is 2.39. The number of benzene rings is 2. The highest BCUT2D eigenvalue weighted by molar-refractivity contribution is 7.91. The van der Waals surface area contributed by atoms with E-state index in [-0.39, 0.29) is 30.6 Å². The van der Waals surface area contributed by atoms with Gasteiger partial charge in [0, 0.05) is 17.6 Å². The van der Waals surface area contributed by atoms with Gasteiger partial charge in [-0.3, -0.25) is 4.79 Å². The van der Waals surface area contributed by atoms with Crippen LogP contribution in [0.5, 0.6) is 11.5 Å². The van der Waals surface area contributed by atoms with Crippen LogP contribution in [0.15, 0.2) is 48.5 Å². The van der Waals surface area contributed by atoms with Crippen molar-refractivity contribution in [2.75, 3.05) is 18.1 Å². The molecule has 2 aromatic rings. The molecule has 2 aliphatic heterocycles. The minimum Gasteiger partial charge on any atom is -0.485 e. The molecule has 28 heavy (non-hydrogen) atoms. The van der Waals surface area contributed by atoms with Gasteiger partial charge in [0.1, 0.15) is 6.61 Å². The minimum atomic E-state index is -3.15. The first kappa shape index (κ1) is 19.1. The Morgan fingerprint density at radius 3 is 2.64 bits per heavy atom. The molecule has 6 nitrogen and oxygen atoms in total. The summed E-state index contributed by atoms with van der Waals surface area (Å²) < 4.78 is 35.5. The van der Waals surface area contributed by atoms with Crippen LogP contribution in [-0.2, 0) is 21.2 Å². The van der Waals surface area contributed by atoms with Crippen LogP contribution in [0.3, 0.4) is 0 Å². The zero-order valence-electron chi connectivity index (χ0n) is 15.1. The van der Waals surface area contributed by atoms with Gasteiger partial charge in [-0.15, -0.1) is 0 Å². The Labute approximate surface area is 168 Å². The van der Waals surface area contributed by atoms with Crippen molar-refractivity contribution in [3.63, 3.8) is 0 Å². The van der Waals surface area contributed by atoms with E-state index in [9.17, 15) is 13.2 Å². The summed E-state index contributed by atoms with van der Waals surface area (Å²) in [6.45, 7) is 0.350. The molecule has 0 saturated carbocycles. The SMILES string of the molecule is O=C(C1COc2ccccc2O1)N(Cc1cccc(Cl)c1)C1CCS(=O)(=O)C1. The lowest BCUT2D eigenvalue weighted by Gasteiger charge is -2.34. The first-order chi connectivity index (χ1) is 13.4. The molecule has 1 saturated heterocycles. The number of carbonyl (C=O) groups is 1. The van der Waals surface area contributed by atoms with Gasteiger partial charge in [0.05, 0.1) is 11.5 Å². The van der Waals surface area contributed by atoms with Gasteiger partial charge in [0.2, 0.25) is 6.10 Å². The van der Waals surface area contributed by atoms with Crippen LogP contribution in [0.25, 0.3) is 0 Å². The summed E-state index contributed by atoms with van der Waals surface area (Å²) in [5, 5.41) is 0.565. The molecule has 2 heterocycles. The summed E-state index contributed by atoms with van der Waals surface area (Å²) in [7, 11) is -3.15. The summed E-state index contributed by atoms with van der Waals surface area (Å²) in [5.74, 6) is 0.868. The number of fused-ring (bicyclic) bond motifs is 1. The molecular formula is C20H20ClNO5S. The molecular weight excluding hydrogens is 402 g/mol. The molecule has 2 aliphatic rings. The number of para-hydroxylation sites is 2. The molecule has 2 aromatic carbocycles. The van der Waals surface area contributed by atoms with Crippen LogP contribution in [0, 0.1) is 0 Å². The maximum atomic E-state index is 13.3. The fourth-order valence-electron chi connectivity index (χ4n) is 3.57. The van der Waals surface area contributed by atoms with E-state index in [4.69, 9.17) is 21.1 Å². The number of ether oxygens (including phenoxy) is 2. The standard InChI is InChI=1S/C20H20ClNO5S/c21-15-5-3-4-14(10-15)11-22(16-8-9-28(24,25)13-16)20(23)19-12-26-17-6-1-2-7-18(17)27-19/h1-7,10,16,19H,8-9,11-13H2. The normalized spacial score (nSPS) is 22.6. The highest BCUT2D eigenvalue weighted by Crippen LogP contribution is 2.32. The van der Waals surface area contributed by atoms with E-state index in [2.05, 4.69) is 0 Å². The van der Waals surface area contributed by atoms with Gasteiger partial charge in [-0.25, -0.2) is 8.42 Å². The number of hydrogen-bond acceptors (Lipinski definition) is 5. The fraction of sp³-hybridized carbons (Fsp3) is 0.350. The summed E-state index contributed by atoms with van der Waals surface area (Å²) in [4.78, 5) is 14.9. The number of nitrogens with zero attached hydrogens (tertiary/aromatic N) is 1. The smallest absolute Gasteiger partial charge is 0.267 e. The largest absolute Gasteiger partial charge is 0.485 e. The van der Waals surface area contributed by atoms with Crippen LogP contribution >= 0.6 is 11.6 Å². The van der Waals surface area contributed by atoms with Crippen LogP contribution in [0.4, 0.5) is 0 Å². The molecule has 0 radical (unpaired) electrons. The van der Waals surface area contributed by atoms with E-state index in [0.29, 0.717) is 22.9 Å². The summed E-state index contributed by atoms with van der Waals surface area (Å²) >= 11 is 6.07. The third-order valence-corrected chi connectivity index (χ3v) is 6.94. The average Bonchev–Trinajstić information content (AvgIpc) is 3.05. The van der Waals surface area contributed by atoms with E-state index in [1.807, 2.05) is 24.3 Å². The molecule has 8 heteroatoms. The monoisotopic (exact) mass is 421 g/mol. The Morgan fingerprint density at radius 2 is 1.93 bits per heavy atom. The molecule has 2 atom stereocenters. The number of sulfone groups is 1. The van der Waals surface area contributed by atoms with Crippen LogP contribution in [0.1, 0.15) is 12.0 Å². The van der Waals surface area contributed by atoms with E-state index < -0.39 is 22.0 Å². The van der Waals surface area contributed by atoms with Crippen molar-refractivity contribution in [2.45, 2.75) is 25.1 Å². The zero-order valence-corrected chi connectivity index (χ0v) is 16.7. The molecule has 0 N–H and O–H groups in total. The van der Waals surface area contributed by atoms with Crippen LogP contribution < -0.4 is 9.47 Å². The molecule has 148 valence electrons. The Hall–Kier alpha value is -2.25. The predicted molar refractivity (Wildman–Crippen MR) is 105 cm³/mol. The Kier molecular flexibility index (Phi) is 5.21. The molecule has 4 rings (SSSR count). The average molecular weight is 422 g/mol. The van der Waals surface area contributed by atoms with E-state index >= 15 is 0 Å². The fourth-order valence-corrected chi connectivity index (χ4v) is 5.51. The van der Waals surface area contributed by atoms with Crippen molar-refractivity contribution in [3.8, 4) is 11.5 Å². The molecule has 0 bridgehead atoms. The minimum absolute atomic E-state index is 0.0382. The number of halogens is 1. The van der Waals surface area contributed by atoms with E-state index in [0.717, 1.165) is 5.56 Å².